The second-order valence-corrected chi connectivity index (χ2v) is 6.01. The van der Waals surface area contributed by atoms with Gasteiger partial charge < -0.3 is 15.2 Å². The molecule has 0 aliphatic heterocycles. The molecule has 2 aromatic rings. The third kappa shape index (κ3) is 4.19. The fraction of sp³-hybridized carbons (Fsp3) is 0.235. The lowest BCUT2D eigenvalue weighted by atomic mass is 10.1. The van der Waals surface area contributed by atoms with Crippen molar-refractivity contribution in [3.05, 3.63) is 64.9 Å². The van der Waals surface area contributed by atoms with E-state index in [4.69, 9.17) is 4.74 Å². The zero-order chi connectivity index (χ0) is 16.0. The summed E-state index contributed by atoms with van der Waals surface area (Å²) in [6, 6.07) is 10.6. The van der Waals surface area contributed by atoms with Gasteiger partial charge in [-0.25, -0.2) is 0 Å². The number of ether oxygens (including phenoxy) is 1. The van der Waals surface area contributed by atoms with Gasteiger partial charge in [-0.2, -0.15) is 0 Å². The number of hydrogen-bond donors (Lipinski definition) is 2. The fourth-order valence-corrected chi connectivity index (χ4v) is 2.67. The lowest BCUT2D eigenvalue weighted by molar-refractivity contribution is 0.0557. The maximum Gasteiger partial charge on any atom is 0.251 e. The van der Waals surface area contributed by atoms with Crippen molar-refractivity contribution in [3.8, 4) is 5.75 Å². The predicted molar refractivity (Wildman–Crippen MR) is 88.4 cm³/mol. The monoisotopic (exact) mass is 317 g/mol. The largest absolute Gasteiger partial charge is 0.490 e. The molecule has 0 saturated heterocycles. The van der Waals surface area contributed by atoms with Gasteiger partial charge in [0.05, 0.1) is 6.54 Å². The molecule has 5 heteroatoms. The Bertz CT molecular complexity index is 618. The van der Waals surface area contributed by atoms with E-state index in [1.54, 1.807) is 37.3 Å². The molecule has 116 valence electrons. The first kappa shape index (κ1) is 16.3. The number of aliphatic hydroxyl groups is 1. The van der Waals surface area contributed by atoms with Crippen molar-refractivity contribution in [2.24, 2.45) is 0 Å². The summed E-state index contributed by atoms with van der Waals surface area (Å²) in [5, 5.41) is 15.0. The number of carbonyl (C=O) groups is 1. The highest BCUT2D eigenvalue weighted by Gasteiger charge is 2.25. The van der Waals surface area contributed by atoms with Crippen molar-refractivity contribution < 1.29 is 14.6 Å². The maximum atomic E-state index is 12.1. The summed E-state index contributed by atoms with van der Waals surface area (Å²) < 4.78 is 5.36. The molecule has 0 spiro atoms. The van der Waals surface area contributed by atoms with Crippen molar-refractivity contribution in [3.63, 3.8) is 0 Å². The van der Waals surface area contributed by atoms with Crippen LogP contribution in [0.2, 0.25) is 0 Å². The Morgan fingerprint density at radius 2 is 2.14 bits per heavy atom. The SMILES string of the molecule is C=CCOc1ccc(C(=O)NCC(C)(O)c2cccs2)cc1. The highest BCUT2D eigenvalue weighted by atomic mass is 32.1. The maximum absolute atomic E-state index is 12.1. The predicted octanol–water partition coefficient (Wildman–Crippen LogP) is 2.95. The molecule has 0 fully saturated rings. The van der Waals surface area contributed by atoms with E-state index < -0.39 is 5.60 Å². The van der Waals surface area contributed by atoms with Crippen molar-refractivity contribution >= 4 is 17.2 Å². The molecule has 4 nitrogen and oxygen atoms in total. The molecule has 2 N–H and O–H groups in total. The van der Waals surface area contributed by atoms with Gasteiger partial charge in [0.2, 0.25) is 0 Å². The average molecular weight is 317 g/mol. The summed E-state index contributed by atoms with van der Waals surface area (Å²) in [5.74, 6) is 0.453. The zero-order valence-corrected chi connectivity index (χ0v) is 13.2. The molecule has 1 atom stereocenters. The number of carbonyl (C=O) groups excluding carboxylic acids is 1. The third-order valence-electron chi connectivity index (χ3n) is 3.13. The van der Waals surface area contributed by atoms with E-state index in [0.717, 1.165) is 4.88 Å². The topological polar surface area (TPSA) is 58.6 Å². The minimum atomic E-state index is -1.07. The molecule has 0 radical (unpaired) electrons. The van der Waals surface area contributed by atoms with E-state index in [2.05, 4.69) is 11.9 Å². The first-order valence-electron chi connectivity index (χ1n) is 6.91. The number of benzene rings is 1. The zero-order valence-electron chi connectivity index (χ0n) is 12.4. The quantitative estimate of drug-likeness (QED) is 0.772. The van der Waals surface area contributed by atoms with Crippen molar-refractivity contribution in [1.82, 2.24) is 5.32 Å². The molecule has 22 heavy (non-hydrogen) atoms. The first-order chi connectivity index (χ1) is 10.5. The average Bonchev–Trinajstić information content (AvgIpc) is 3.06. The van der Waals surface area contributed by atoms with Crippen LogP contribution in [0.15, 0.2) is 54.4 Å². The van der Waals surface area contributed by atoms with Crippen molar-refractivity contribution in [2.75, 3.05) is 13.2 Å². The normalized spacial score (nSPS) is 13.2. The Labute approximate surface area is 134 Å². The van der Waals surface area contributed by atoms with Crippen LogP contribution in [0.1, 0.15) is 22.2 Å². The van der Waals surface area contributed by atoms with Crippen LogP contribution in [0.3, 0.4) is 0 Å². The molecule has 0 saturated carbocycles. The lowest BCUT2D eigenvalue weighted by Gasteiger charge is -2.22. The van der Waals surface area contributed by atoms with E-state index in [1.807, 2.05) is 17.5 Å². The van der Waals surface area contributed by atoms with E-state index in [-0.39, 0.29) is 12.5 Å². The molecular weight excluding hydrogens is 298 g/mol. The van der Waals surface area contributed by atoms with Gasteiger partial charge >= 0.3 is 0 Å². The van der Waals surface area contributed by atoms with Crippen LogP contribution < -0.4 is 10.1 Å². The fourth-order valence-electron chi connectivity index (χ4n) is 1.88. The lowest BCUT2D eigenvalue weighted by Crippen LogP contribution is -2.38. The van der Waals surface area contributed by atoms with Crippen LogP contribution in [-0.2, 0) is 5.60 Å². The van der Waals surface area contributed by atoms with Crippen LogP contribution in [-0.4, -0.2) is 24.2 Å². The van der Waals surface area contributed by atoms with Crippen LogP contribution >= 0.6 is 11.3 Å². The van der Waals surface area contributed by atoms with Crippen LogP contribution in [0, 0.1) is 0 Å². The van der Waals surface area contributed by atoms with Gasteiger partial charge in [-0.1, -0.05) is 18.7 Å². The second-order valence-electron chi connectivity index (χ2n) is 5.06. The van der Waals surface area contributed by atoms with Gasteiger partial charge in [-0.15, -0.1) is 11.3 Å². The molecule has 1 aromatic carbocycles. The number of amides is 1. The van der Waals surface area contributed by atoms with E-state index in [1.165, 1.54) is 11.3 Å². The summed E-state index contributed by atoms with van der Waals surface area (Å²) in [6.07, 6.45) is 1.66. The summed E-state index contributed by atoms with van der Waals surface area (Å²) in [4.78, 5) is 12.9. The summed E-state index contributed by atoms with van der Waals surface area (Å²) in [7, 11) is 0. The van der Waals surface area contributed by atoms with E-state index in [9.17, 15) is 9.90 Å². The minimum Gasteiger partial charge on any atom is -0.490 e. The molecule has 0 aliphatic carbocycles. The first-order valence-corrected chi connectivity index (χ1v) is 7.79. The Kier molecular flexibility index (Phi) is 5.35. The van der Waals surface area contributed by atoms with Gasteiger partial charge in [0.1, 0.15) is 18.0 Å². The third-order valence-corrected chi connectivity index (χ3v) is 4.25. The van der Waals surface area contributed by atoms with Gasteiger partial charge in [-0.05, 0) is 42.6 Å². The molecule has 2 rings (SSSR count). The molecule has 1 unspecified atom stereocenters. The number of rotatable bonds is 7. The highest BCUT2D eigenvalue weighted by Crippen LogP contribution is 2.24. The smallest absolute Gasteiger partial charge is 0.251 e. The standard InChI is InChI=1S/C17H19NO3S/c1-3-10-21-14-8-6-13(7-9-14)16(19)18-12-17(2,20)15-5-4-11-22-15/h3-9,11,20H,1,10,12H2,2H3,(H,18,19). The number of nitrogens with one attached hydrogen (secondary N) is 1. The molecular formula is C17H19NO3S. The van der Waals surface area contributed by atoms with Crippen molar-refractivity contribution in [2.45, 2.75) is 12.5 Å². The Morgan fingerprint density at radius 1 is 1.41 bits per heavy atom. The molecule has 0 aliphatic rings. The van der Waals surface area contributed by atoms with Gasteiger partial charge in [0.25, 0.3) is 5.91 Å². The van der Waals surface area contributed by atoms with Crippen LogP contribution in [0.5, 0.6) is 5.75 Å². The molecule has 1 heterocycles. The molecule has 1 aromatic heterocycles. The molecule has 1 amide bonds. The summed E-state index contributed by atoms with van der Waals surface area (Å²) in [5.41, 5.74) is -0.551. The van der Waals surface area contributed by atoms with Gasteiger partial charge in [-0.3, -0.25) is 4.79 Å². The Hall–Kier alpha value is -2.11. The minimum absolute atomic E-state index is 0.154. The molecule has 0 bridgehead atoms. The highest BCUT2D eigenvalue weighted by molar-refractivity contribution is 7.10. The Morgan fingerprint density at radius 3 is 2.73 bits per heavy atom. The van der Waals surface area contributed by atoms with Gasteiger partial charge in [0.15, 0.2) is 0 Å². The van der Waals surface area contributed by atoms with E-state index in [0.29, 0.717) is 17.9 Å². The summed E-state index contributed by atoms with van der Waals surface area (Å²) >= 11 is 1.46. The second kappa shape index (κ2) is 7.24. The van der Waals surface area contributed by atoms with Gasteiger partial charge in [0, 0.05) is 10.4 Å². The number of thiophene rings is 1. The van der Waals surface area contributed by atoms with Crippen LogP contribution in [0.25, 0.3) is 0 Å². The number of hydrogen-bond acceptors (Lipinski definition) is 4. The van der Waals surface area contributed by atoms with Crippen molar-refractivity contribution in [1.29, 1.82) is 0 Å². The Balaban J connectivity index is 1.93. The van der Waals surface area contributed by atoms with E-state index >= 15 is 0 Å². The van der Waals surface area contributed by atoms with Crippen LogP contribution in [0.4, 0.5) is 0 Å². The summed E-state index contributed by atoms with van der Waals surface area (Å²) in [6.45, 7) is 5.84.